The molecule has 1 aromatic heterocycles. The first-order valence-electron chi connectivity index (χ1n) is 10.6. The number of amides is 1. The third kappa shape index (κ3) is 3.88. The number of nitrogens with one attached hydrogen (secondary N) is 1. The molecule has 7 nitrogen and oxygen atoms in total. The summed E-state index contributed by atoms with van der Waals surface area (Å²) >= 11 is 0. The highest BCUT2D eigenvalue weighted by molar-refractivity contribution is 6.00. The molecular weight excluding hydrogens is 394 g/mol. The number of hydrogen-bond acceptors (Lipinski definition) is 5. The minimum Gasteiger partial charge on any atom is -0.507 e. The van der Waals surface area contributed by atoms with Crippen LogP contribution in [0.15, 0.2) is 42.5 Å². The number of rotatable bonds is 8. The molecule has 0 aliphatic carbocycles. The summed E-state index contributed by atoms with van der Waals surface area (Å²) in [6.07, 6.45) is 1.37. The molecule has 3 aromatic rings. The quantitative estimate of drug-likeness (QED) is 0.514. The number of nitrogens with zero attached hydrogens (tertiary/aromatic N) is 2. The highest BCUT2D eigenvalue weighted by Gasteiger charge is 2.42. The Morgan fingerprint density at radius 1 is 1.23 bits per heavy atom. The number of phenols is 1. The molecule has 0 bridgehead atoms. The number of phenolic OH excluding ortho intramolecular Hbond substituents is 1. The number of hydrogen-bond donors (Lipinski definition) is 3. The highest BCUT2D eigenvalue weighted by atomic mass is 16.5. The van der Waals surface area contributed by atoms with Crippen LogP contribution >= 0.6 is 0 Å². The van der Waals surface area contributed by atoms with E-state index in [1.54, 1.807) is 11.0 Å². The summed E-state index contributed by atoms with van der Waals surface area (Å²) in [5.41, 5.74) is 4.17. The van der Waals surface area contributed by atoms with E-state index >= 15 is 0 Å². The standard InChI is InChI=1S/C24H27N3O4/c1-3-12-31-17-7-4-6-16(14-17)23-20-21(18-13-15(2)8-9-19(18)29)25-26-22(20)24(30)27(23)10-5-11-28/h4,6-9,13-14,23,28-29H,3,5,10-12H2,1-2H3,(H,25,26)/t23-/m1/s1. The van der Waals surface area contributed by atoms with Crippen molar-refractivity contribution in [2.24, 2.45) is 0 Å². The van der Waals surface area contributed by atoms with E-state index in [0.29, 0.717) is 36.5 Å². The molecule has 0 unspecified atom stereocenters. The summed E-state index contributed by atoms with van der Waals surface area (Å²) in [7, 11) is 0. The zero-order valence-electron chi connectivity index (χ0n) is 17.8. The smallest absolute Gasteiger partial charge is 0.273 e. The SMILES string of the molecule is CCCOc1cccc([C@@H]2c3c(-c4cc(C)ccc4O)n[nH]c3C(=O)N2CCCO)c1. The first kappa shape index (κ1) is 20.9. The molecule has 2 heterocycles. The van der Waals surface area contributed by atoms with Crippen LogP contribution in [0.3, 0.4) is 0 Å². The number of aromatic hydroxyl groups is 1. The van der Waals surface area contributed by atoms with Gasteiger partial charge in [-0.2, -0.15) is 5.10 Å². The zero-order valence-corrected chi connectivity index (χ0v) is 17.8. The molecule has 7 heteroatoms. The van der Waals surface area contributed by atoms with E-state index < -0.39 is 6.04 Å². The predicted octanol–water partition coefficient (Wildman–Crippen LogP) is 3.81. The van der Waals surface area contributed by atoms with Crippen molar-refractivity contribution in [2.45, 2.75) is 32.7 Å². The van der Waals surface area contributed by atoms with Crippen molar-refractivity contribution < 1.29 is 19.7 Å². The van der Waals surface area contributed by atoms with Gasteiger partial charge in [0.05, 0.1) is 12.6 Å². The van der Waals surface area contributed by atoms with Crippen LogP contribution in [0.5, 0.6) is 11.5 Å². The number of carbonyl (C=O) groups excluding carboxylic acids is 1. The first-order chi connectivity index (χ1) is 15.0. The number of H-pyrrole nitrogens is 1. The van der Waals surface area contributed by atoms with E-state index in [4.69, 9.17) is 4.74 Å². The van der Waals surface area contributed by atoms with Crippen molar-refractivity contribution >= 4 is 5.91 Å². The van der Waals surface area contributed by atoms with E-state index in [1.807, 2.05) is 43.3 Å². The molecule has 1 amide bonds. The Bertz CT molecular complexity index is 1090. The van der Waals surface area contributed by atoms with Gasteiger partial charge in [-0.25, -0.2) is 0 Å². The third-order valence-electron chi connectivity index (χ3n) is 5.47. The van der Waals surface area contributed by atoms with Crippen molar-refractivity contribution in [3.05, 3.63) is 64.8 Å². The van der Waals surface area contributed by atoms with Gasteiger partial charge >= 0.3 is 0 Å². The molecule has 0 spiro atoms. The maximum atomic E-state index is 13.2. The van der Waals surface area contributed by atoms with E-state index in [0.717, 1.165) is 28.9 Å². The lowest BCUT2D eigenvalue weighted by Gasteiger charge is -2.26. The van der Waals surface area contributed by atoms with Crippen molar-refractivity contribution in [1.82, 2.24) is 15.1 Å². The molecule has 162 valence electrons. The van der Waals surface area contributed by atoms with Crippen molar-refractivity contribution in [3.63, 3.8) is 0 Å². The molecule has 0 fully saturated rings. The number of carbonyl (C=O) groups is 1. The Kier molecular flexibility index (Phi) is 5.95. The first-order valence-corrected chi connectivity index (χ1v) is 10.6. The molecule has 1 aliphatic rings. The van der Waals surface area contributed by atoms with Gasteiger partial charge in [-0.15, -0.1) is 0 Å². The average Bonchev–Trinajstić information content (AvgIpc) is 3.31. The molecule has 2 aromatic carbocycles. The van der Waals surface area contributed by atoms with Gasteiger partial charge in [-0.3, -0.25) is 9.89 Å². The van der Waals surface area contributed by atoms with Crippen molar-refractivity contribution in [2.75, 3.05) is 19.8 Å². The Morgan fingerprint density at radius 2 is 2.06 bits per heavy atom. The van der Waals surface area contributed by atoms with Gasteiger partial charge in [0, 0.05) is 24.3 Å². The summed E-state index contributed by atoms with van der Waals surface area (Å²) in [6, 6.07) is 12.7. The van der Waals surface area contributed by atoms with Gasteiger partial charge in [0.15, 0.2) is 0 Å². The molecule has 0 saturated carbocycles. The summed E-state index contributed by atoms with van der Waals surface area (Å²) in [5, 5.41) is 27.2. The topological polar surface area (TPSA) is 98.7 Å². The second-order valence-corrected chi connectivity index (χ2v) is 7.78. The van der Waals surface area contributed by atoms with Crippen LogP contribution in [0.2, 0.25) is 0 Å². The summed E-state index contributed by atoms with van der Waals surface area (Å²) in [6.45, 7) is 5.01. The Labute approximate surface area is 181 Å². The summed E-state index contributed by atoms with van der Waals surface area (Å²) in [5.74, 6) is 0.685. The molecule has 4 rings (SSSR count). The van der Waals surface area contributed by atoms with Crippen LogP contribution in [0.1, 0.15) is 53.0 Å². The lowest BCUT2D eigenvalue weighted by atomic mass is 9.95. The average molecular weight is 421 g/mol. The second kappa shape index (κ2) is 8.81. The molecule has 0 saturated heterocycles. The molecular formula is C24H27N3O4. The van der Waals surface area contributed by atoms with E-state index in [1.165, 1.54) is 0 Å². The van der Waals surface area contributed by atoms with E-state index in [-0.39, 0.29) is 18.3 Å². The number of aliphatic hydroxyl groups excluding tert-OH is 1. The van der Waals surface area contributed by atoms with E-state index in [9.17, 15) is 15.0 Å². The molecule has 31 heavy (non-hydrogen) atoms. The zero-order chi connectivity index (χ0) is 22.0. The van der Waals surface area contributed by atoms with Gasteiger partial charge in [-0.1, -0.05) is 30.7 Å². The van der Waals surface area contributed by atoms with Crippen LogP contribution < -0.4 is 4.74 Å². The number of aryl methyl sites for hydroxylation is 1. The fraction of sp³-hybridized carbons (Fsp3) is 0.333. The molecule has 1 atom stereocenters. The lowest BCUT2D eigenvalue weighted by molar-refractivity contribution is 0.0732. The molecule has 1 aliphatic heterocycles. The van der Waals surface area contributed by atoms with Crippen LogP contribution in [0, 0.1) is 6.92 Å². The highest BCUT2D eigenvalue weighted by Crippen LogP contribution is 2.45. The minimum absolute atomic E-state index is 0.00609. The molecule has 0 radical (unpaired) electrons. The van der Waals surface area contributed by atoms with Gasteiger partial charge < -0.3 is 19.8 Å². The van der Waals surface area contributed by atoms with E-state index in [2.05, 4.69) is 17.1 Å². The van der Waals surface area contributed by atoms with Gasteiger partial charge in [0.1, 0.15) is 22.9 Å². The predicted molar refractivity (Wildman–Crippen MR) is 117 cm³/mol. The van der Waals surface area contributed by atoms with Crippen LogP contribution in [0.25, 0.3) is 11.3 Å². The Morgan fingerprint density at radius 3 is 2.84 bits per heavy atom. The summed E-state index contributed by atoms with van der Waals surface area (Å²) < 4.78 is 5.81. The van der Waals surface area contributed by atoms with Crippen molar-refractivity contribution in [1.29, 1.82) is 0 Å². The lowest BCUT2D eigenvalue weighted by Crippen LogP contribution is -2.31. The number of aromatic nitrogens is 2. The number of aliphatic hydroxyl groups is 1. The fourth-order valence-electron chi connectivity index (χ4n) is 4.05. The number of fused-ring (bicyclic) bond motifs is 1. The van der Waals surface area contributed by atoms with Gasteiger partial charge in [0.25, 0.3) is 5.91 Å². The van der Waals surface area contributed by atoms with Crippen molar-refractivity contribution in [3.8, 4) is 22.8 Å². The van der Waals surface area contributed by atoms with Crippen LogP contribution in [0.4, 0.5) is 0 Å². The summed E-state index contributed by atoms with van der Waals surface area (Å²) in [4.78, 5) is 15.0. The third-order valence-corrected chi connectivity index (χ3v) is 5.47. The molecule has 3 N–H and O–H groups in total. The van der Waals surface area contributed by atoms with Crippen LogP contribution in [-0.4, -0.2) is 51.0 Å². The fourth-order valence-corrected chi connectivity index (χ4v) is 4.05. The van der Waals surface area contributed by atoms with Gasteiger partial charge in [-0.05, 0) is 49.6 Å². The normalized spacial score (nSPS) is 15.4. The monoisotopic (exact) mass is 421 g/mol. The van der Waals surface area contributed by atoms with Gasteiger partial charge in [0.2, 0.25) is 0 Å². The Balaban J connectivity index is 1.85. The number of aromatic amines is 1. The van der Waals surface area contributed by atoms with Crippen LogP contribution in [-0.2, 0) is 0 Å². The maximum absolute atomic E-state index is 13.2. The Hall–Kier alpha value is -3.32. The number of benzene rings is 2. The maximum Gasteiger partial charge on any atom is 0.273 e. The number of ether oxygens (including phenoxy) is 1. The minimum atomic E-state index is -0.395. The largest absolute Gasteiger partial charge is 0.507 e. The second-order valence-electron chi connectivity index (χ2n) is 7.78.